The van der Waals surface area contributed by atoms with Crippen LogP contribution in [0, 0.1) is 0 Å². The number of phenols is 1. The van der Waals surface area contributed by atoms with Gasteiger partial charge in [-0.2, -0.15) is 5.10 Å². The number of hydrogen-bond acceptors (Lipinski definition) is 4. The maximum Gasteiger partial charge on any atom is 0.244 e. The maximum atomic E-state index is 12.0. The fourth-order valence-electron chi connectivity index (χ4n) is 2.34. The zero-order chi connectivity index (χ0) is 17.3. The molecule has 1 aromatic heterocycles. The van der Waals surface area contributed by atoms with Gasteiger partial charge in [0.2, 0.25) is 10.0 Å². The van der Waals surface area contributed by atoms with Crippen LogP contribution >= 0.6 is 11.6 Å². The van der Waals surface area contributed by atoms with Crippen LogP contribution in [0.3, 0.4) is 0 Å². The van der Waals surface area contributed by atoms with Crippen LogP contribution in [0.1, 0.15) is 0 Å². The molecule has 6 nitrogen and oxygen atoms in total. The second kappa shape index (κ2) is 6.27. The van der Waals surface area contributed by atoms with Gasteiger partial charge in [0.1, 0.15) is 10.6 Å². The highest BCUT2D eigenvalue weighted by Crippen LogP contribution is 2.31. The predicted octanol–water partition coefficient (Wildman–Crippen LogP) is 2.81. The summed E-state index contributed by atoms with van der Waals surface area (Å²) in [5, 5.41) is 14.6. The Morgan fingerprint density at radius 2 is 1.92 bits per heavy atom. The summed E-state index contributed by atoms with van der Waals surface area (Å²) >= 11 is 6.22. The van der Waals surface area contributed by atoms with Gasteiger partial charge in [0, 0.05) is 5.56 Å². The van der Waals surface area contributed by atoms with Crippen molar-refractivity contribution in [3.05, 3.63) is 59.8 Å². The number of rotatable bonds is 4. The van der Waals surface area contributed by atoms with Crippen molar-refractivity contribution >= 4 is 21.6 Å². The molecule has 0 bridgehead atoms. The van der Waals surface area contributed by atoms with Gasteiger partial charge in [-0.1, -0.05) is 23.7 Å². The molecule has 0 spiro atoms. The molecule has 1 heterocycles. The minimum absolute atomic E-state index is 0.200. The first kappa shape index (κ1) is 16.5. The second-order valence-corrected chi connectivity index (χ2v) is 7.23. The average molecular weight is 364 g/mol. The summed E-state index contributed by atoms with van der Waals surface area (Å²) < 4.78 is 27.9. The van der Waals surface area contributed by atoms with Crippen molar-refractivity contribution in [3.63, 3.8) is 0 Å². The number of aromatic nitrogens is 2. The summed E-state index contributed by atoms with van der Waals surface area (Å²) in [4.78, 5) is -0.200. The Morgan fingerprint density at radius 1 is 1.17 bits per heavy atom. The van der Waals surface area contributed by atoms with Crippen molar-refractivity contribution in [2.24, 2.45) is 0 Å². The van der Waals surface area contributed by atoms with Crippen LogP contribution in [0.5, 0.6) is 5.75 Å². The van der Waals surface area contributed by atoms with Gasteiger partial charge in [-0.05, 0) is 43.4 Å². The summed E-state index contributed by atoms with van der Waals surface area (Å²) in [7, 11) is -2.50. The van der Waals surface area contributed by atoms with Gasteiger partial charge in [0.25, 0.3) is 0 Å². The molecule has 0 saturated carbocycles. The average Bonchev–Trinajstić information content (AvgIpc) is 3.05. The van der Waals surface area contributed by atoms with Crippen molar-refractivity contribution < 1.29 is 13.5 Å². The molecule has 0 fully saturated rings. The van der Waals surface area contributed by atoms with Gasteiger partial charge in [-0.25, -0.2) is 17.8 Å². The molecule has 0 amide bonds. The number of benzene rings is 2. The number of para-hydroxylation sites is 1. The molecule has 0 atom stereocenters. The molecule has 124 valence electrons. The molecule has 0 aliphatic heterocycles. The largest absolute Gasteiger partial charge is 0.507 e. The molecule has 0 aliphatic rings. The van der Waals surface area contributed by atoms with E-state index in [1.807, 2.05) is 18.2 Å². The van der Waals surface area contributed by atoms with Crippen LogP contribution in [0.4, 0.5) is 0 Å². The Labute approximate surface area is 144 Å². The van der Waals surface area contributed by atoms with Crippen molar-refractivity contribution in [1.82, 2.24) is 14.5 Å². The summed E-state index contributed by atoms with van der Waals surface area (Å²) in [5.41, 5.74) is 1.90. The van der Waals surface area contributed by atoms with Crippen LogP contribution in [-0.4, -0.2) is 30.4 Å². The van der Waals surface area contributed by atoms with Gasteiger partial charge in [0.15, 0.2) is 0 Å². The van der Waals surface area contributed by atoms with Crippen LogP contribution in [0.2, 0.25) is 5.02 Å². The Morgan fingerprint density at radius 3 is 2.62 bits per heavy atom. The number of sulfonamides is 1. The lowest BCUT2D eigenvalue weighted by atomic mass is 10.1. The van der Waals surface area contributed by atoms with Gasteiger partial charge < -0.3 is 5.11 Å². The molecule has 0 saturated heterocycles. The number of nitrogens with one attached hydrogen (secondary N) is 1. The van der Waals surface area contributed by atoms with E-state index >= 15 is 0 Å². The monoisotopic (exact) mass is 363 g/mol. The van der Waals surface area contributed by atoms with E-state index in [1.54, 1.807) is 29.1 Å². The highest BCUT2D eigenvalue weighted by atomic mass is 35.5. The van der Waals surface area contributed by atoms with Gasteiger partial charge in [-0.3, -0.25) is 0 Å². The molecule has 24 heavy (non-hydrogen) atoms. The molecular weight excluding hydrogens is 350 g/mol. The van der Waals surface area contributed by atoms with E-state index in [9.17, 15) is 13.5 Å². The second-order valence-electron chi connectivity index (χ2n) is 4.97. The molecule has 0 unspecified atom stereocenters. The molecule has 3 aromatic rings. The first-order valence-electron chi connectivity index (χ1n) is 7.00. The summed E-state index contributed by atoms with van der Waals surface area (Å²) in [6.45, 7) is 0. The fraction of sp³-hybridized carbons (Fsp3) is 0.0625. The number of phenolic OH excluding ortho intramolecular Hbond substituents is 1. The molecule has 0 radical (unpaired) electrons. The van der Waals surface area contributed by atoms with E-state index < -0.39 is 10.0 Å². The van der Waals surface area contributed by atoms with E-state index in [1.165, 1.54) is 19.2 Å². The topological polar surface area (TPSA) is 84.2 Å². The number of aromatic hydroxyl groups is 1. The van der Waals surface area contributed by atoms with Gasteiger partial charge in [0.05, 0.1) is 22.6 Å². The molecule has 2 N–H and O–H groups in total. The van der Waals surface area contributed by atoms with Crippen LogP contribution in [0.25, 0.3) is 16.9 Å². The molecular formula is C16H14ClN3O3S. The Balaban J connectivity index is 2.18. The number of nitrogens with zero attached hydrogens (tertiary/aromatic N) is 2. The first-order chi connectivity index (χ1) is 11.4. The highest BCUT2D eigenvalue weighted by Gasteiger charge is 2.19. The fourth-order valence-corrected chi connectivity index (χ4v) is 3.40. The van der Waals surface area contributed by atoms with E-state index in [-0.39, 0.29) is 10.6 Å². The minimum Gasteiger partial charge on any atom is -0.507 e. The maximum absolute atomic E-state index is 12.0. The van der Waals surface area contributed by atoms with Crippen molar-refractivity contribution in [2.45, 2.75) is 4.90 Å². The number of hydrogen-bond donors (Lipinski definition) is 2. The van der Waals surface area contributed by atoms with Crippen molar-refractivity contribution in [3.8, 4) is 22.7 Å². The molecule has 8 heteroatoms. The van der Waals surface area contributed by atoms with Crippen molar-refractivity contribution in [1.29, 1.82) is 0 Å². The third-order valence-electron chi connectivity index (χ3n) is 3.54. The van der Waals surface area contributed by atoms with E-state index in [0.717, 1.165) is 0 Å². The molecule has 3 rings (SSSR count). The van der Waals surface area contributed by atoms with E-state index in [4.69, 9.17) is 11.6 Å². The normalized spacial score (nSPS) is 11.6. The standard InChI is InChI=1S/C16H14ClN3O3S/c1-18-24(22,23)16-10-11(6-7-15(16)21)13-8-9-19-20(13)14-5-3-2-4-12(14)17/h2-10,18,21H,1H3. The predicted molar refractivity (Wildman–Crippen MR) is 91.9 cm³/mol. The Hall–Kier alpha value is -2.35. The minimum atomic E-state index is -3.78. The van der Waals surface area contributed by atoms with Gasteiger partial charge in [-0.15, -0.1) is 0 Å². The zero-order valence-electron chi connectivity index (χ0n) is 12.6. The quantitative estimate of drug-likeness (QED) is 0.746. The van der Waals surface area contributed by atoms with Gasteiger partial charge >= 0.3 is 0 Å². The van der Waals surface area contributed by atoms with Crippen LogP contribution in [-0.2, 0) is 10.0 Å². The third kappa shape index (κ3) is 2.89. The van der Waals surface area contributed by atoms with E-state index in [2.05, 4.69) is 9.82 Å². The van der Waals surface area contributed by atoms with Crippen LogP contribution in [0.15, 0.2) is 59.6 Å². The smallest absolute Gasteiger partial charge is 0.244 e. The Kier molecular flexibility index (Phi) is 4.31. The summed E-state index contributed by atoms with van der Waals surface area (Å²) in [6.07, 6.45) is 1.60. The Bertz CT molecular complexity index is 999. The SMILES string of the molecule is CNS(=O)(=O)c1cc(-c2ccnn2-c2ccccc2Cl)ccc1O. The lowest BCUT2D eigenvalue weighted by Crippen LogP contribution is -2.18. The third-order valence-corrected chi connectivity index (χ3v) is 5.30. The molecule has 2 aromatic carbocycles. The number of halogens is 1. The first-order valence-corrected chi connectivity index (χ1v) is 8.86. The van der Waals surface area contributed by atoms with E-state index in [0.29, 0.717) is 22.0 Å². The van der Waals surface area contributed by atoms with Crippen LogP contribution < -0.4 is 4.72 Å². The lowest BCUT2D eigenvalue weighted by molar-refractivity contribution is 0.458. The summed E-state index contributed by atoms with van der Waals surface area (Å²) in [6, 6.07) is 13.3. The molecule has 0 aliphatic carbocycles. The summed E-state index contributed by atoms with van der Waals surface area (Å²) in [5.74, 6) is -0.322. The van der Waals surface area contributed by atoms with Crippen molar-refractivity contribution in [2.75, 3.05) is 7.05 Å². The zero-order valence-corrected chi connectivity index (χ0v) is 14.2. The highest BCUT2D eigenvalue weighted by molar-refractivity contribution is 7.89. The lowest BCUT2D eigenvalue weighted by Gasteiger charge is -2.11.